The van der Waals surface area contributed by atoms with Crippen LogP contribution in [0.3, 0.4) is 0 Å². The van der Waals surface area contributed by atoms with Gasteiger partial charge in [0.05, 0.1) is 18.6 Å². The maximum Gasteiger partial charge on any atom is 0.325 e. The minimum Gasteiger partial charge on any atom is -0.470 e. The lowest BCUT2D eigenvalue weighted by Gasteiger charge is -2.01. The zero-order valence-corrected chi connectivity index (χ0v) is 6.87. The van der Waals surface area contributed by atoms with Gasteiger partial charge in [-0.2, -0.15) is 0 Å². The minimum atomic E-state index is -0.265. The summed E-state index contributed by atoms with van der Waals surface area (Å²) < 4.78 is 9.50. The maximum absolute atomic E-state index is 10.8. The predicted molar refractivity (Wildman–Crippen MR) is 43.8 cm³/mol. The number of hydrogen-bond acceptors (Lipinski definition) is 4. The number of ether oxygens (including phenoxy) is 1. The fraction of sp³-hybridized carbons (Fsp3) is 0.375. The lowest BCUT2D eigenvalue weighted by molar-refractivity contribution is -0.140. The molecule has 0 bridgehead atoms. The van der Waals surface area contributed by atoms with E-state index in [4.69, 9.17) is 9.15 Å². The van der Waals surface area contributed by atoms with E-state index in [0.29, 0.717) is 6.61 Å². The molecule has 0 radical (unpaired) electrons. The van der Waals surface area contributed by atoms with Crippen LogP contribution in [0.2, 0.25) is 0 Å². The fourth-order valence-corrected chi connectivity index (χ4v) is 0.751. The molecule has 1 rings (SSSR count). The average molecular weight is 169 g/mol. The van der Waals surface area contributed by atoms with Crippen LogP contribution in [-0.4, -0.2) is 19.1 Å². The summed E-state index contributed by atoms with van der Waals surface area (Å²) in [5.74, 6) is -0.265. The number of carbonyl (C=O) groups excluding carboxylic acids is 1. The minimum absolute atomic E-state index is 0.174. The van der Waals surface area contributed by atoms with Crippen LogP contribution in [0.1, 0.15) is 6.92 Å². The number of esters is 1. The molecule has 0 saturated heterocycles. The average Bonchev–Trinajstić information content (AvgIpc) is 2.53. The number of rotatable bonds is 4. The van der Waals surface area contributed by atoms with Crippen LogP contribution in [0.4, 0.5) is 5.69 Å². The van der Waals surface area contributed by atoms with Crippen molar-refractivity contribution in [3.05, 3.63) is 18.6 Å². The van der Waals surface area contributed by atoms with Gasteiger partial charge in [0.25, 0.3) is 0 Å². The van der Waals surface area contributed by atoms with Gasteiger partial charge in [-0.25, -0.2) is 0 Å². The van der Waals surface area contributed by atoms with Gasteiger partial charge >= 0.3 is 5.97 Å². The van der Waals surface area contributed by atoms with E-state index in [1.54, 1.807) is 13.0 Å². The van der Waals surface area contributed by atoms with E-state index in [1.807, 2.05) is 0 Å². The second kappa shape index (κ2) is 4.43. The first-order valence-corrected chi connectivity index (χ1v) is 3.74. The largest absolute Gasteiger partial charge is 0.470 e. The van der Waals surface area contributed by atoms with E-state index in [-0.39, 0.29) is 12.5 Å². The molecule has 12 heavy (non-hydrogen) atoms. The van der Waals surface area contributed by atoms with Crippen molar-refractivity contribution in [2.75, 3.05) is 18.5 Å². The predicted octanol–water partition coefficient (Wildman–Crippen LogP) is 1.25. The summed E-state index contributed by atoms with van der Waals surface area (Å²) in [6.07, 6.45) is 3.06. The number of anilines is 1. The van der Waals surface area contributed by atoms with Crippen molar-refractivity contribution >= 4 is 11.7 Å². The highest BCUT2D eigenvalue weighted by molar-refractivity contribution is 5.74. The van der Waals surface area contributed by atoms with Gasteiger partial charge in [0.2, 0.25) is 0 Å². The Balaban J connectivity index is 2.22. The molecule has 0 spiro atoms. The van der Waals surface area contributed by atoms with Crippen LogP contribution < -0.4 is 5.32 Å². The van der Waals surface area contributed by atoms with Gasteiger partial charge in [0.1, 0.15) is 12.8 Å². The molecule has 0 unspecified atom stereocenters. The Morgan fingerprint density at radius 1 is 1.75 bits per heavy atom. The maximum atomic E-state index is 10.8. The van der Waals surface area contributed by atoms with E-state index < -0.39 is 0 Å². The van der Waals surface area contributed by atoms with Crippen LogP contribution in [0.25, 0.3) is 0 Å². The molecule has 0 fully saturated rings. The topological polar surface area (TPSA) is 51.5 Å². The van der Waals surface area contributed by atoms with Crippen molar-refractivity contribution in [3.63, 3.8) is 0 Å². The number of furan rings is 1. The number of hydrogen-bond donors (Lipinski definition) is 1. The fourth-order valence-electron chi connectivity index (χ4n) is 0.751. The Hall–Kier alpha value is -1.45. The van der Waals surface area contributed by atoms with Gasteiger partial charge in [-0.05, 0) is 13.0 Å². The molecule has 0 aliphatic rings. The van der Waals surface area contributed by atoms with Crippen molar-refractivity contribution in [1.29, 1.82) is 0 Å². The van der Waals surface area contributed by atoms with Crippen molar-refractivity contribution in [1.82, 2.24) is 0 Å². The number of carbonyl (C=O) groups is 1. The highest BCUT2D eigenvalue weighted by atomic mass is 16.5. The van der Waals surface area contributed by atoms with Gasteiger partial charge in [-0.3, -0.25) is 4.79 Å². The normalized spacial score (nSPS) is 9.42. The third-order valence-corrected chi connectivity index (χ3v) is 1.26. The van der Waals surface area contributed by atoms with E-state index in [0.717, 1.165) is 5.69 Å². The first kappa shape index (κ1) is 8.64. The van der Waals surface area contributed by atoms with Gasteiger partial charge in [-0.15, -0.1) is 0 Å². The van der Waals surface area contributed by atoms with Crippen molar-refractivity contribution in [2.24, 2.45) is 0 Å². The molecule has 0 amide bonds. The quantitative estimate of drug-likeness (QED) is 0.689. The molecule has 0 aromatic carbocycles. The molecule has 1 aromatic rings. The Labute approximate surface area is 70.5 Å². The molecular weight excluding hydrogens is 158 g/mol. The first-order chi connectivity index (χ1) is 5.83. The van der Waals surface area contributed by atoms with Crippen LogP contribution in [0, 0.1) is 0 Å². The van der Waals surface area contributed by atoms with Crippen molar-refractivity contribution in [3.8, 4) is 0 Å². The first-order valence-electron chi connectivity index (χ1n) is 3.74. The van der Waals surface area contributed by atoms with Crippen LogP contribution >= 0.6 is 0 Å². The molecule has 66 valence electrons. The SMILES string of the molecule is CCOC(=O)CNc1ccoc1. The molecular formula is C8H11NO3. The molecule has 4 nitrogen and oxygen atoms in total. The highest BCUT2D eigenvalue weighted by Crippen LogP contribution is 2.05. The van der Waals surface area contributed by atoms with E-state index >= 15 is 0 Å². The molecule has 0 aliphatic carbocycles. The molecule has 0 aliphatic heterocycles. The standard InChI is InChI=1S/C8H11NO3/c1-2-12-8(10)5-9-7-3-4-11-6-7/h3-4,6,9H,2,5H2,1H3. The molecule has 0 saturated carbocycles. The Morgan fingerprint density at radius 3 is 3.17 bits per heavy atom. The van der Waals surface area contributed by atoms with Crippen LogP contribution in [0.15, 0.2) is 23.0 Å². The van der Waals surface area contributed by atoms with Crippen LogP contribution in [-0.2, 0) is 9.53 Å². The second-order valence-corrected chi connectivity index (χ2v) is 2.17. The smallest absolute Gasteiger partial charge is 0.325 e. The number of nitrogens with one attached hydrogen (secondary N) is 1. The molecule has 0 atom stereocenters. The Kier molecular flexibility index (Phi) is 3.19. The van der Waals surface area contributed by atoms with Crippen LogP contribution in [0.5, 0.6) is 0 Å². The second-order valence-electron chi connectivity index (χ2n) is 2.17. The van der Waals surface area contributed by atoms with E-state index in [2.05, 4.69) is 5.32 Å². The Morgan fingerprint density at radius 2 is 2.58 bits per heavy atom. The van der Waals surface area contributed by atoms with E-state index in [1.165, 1.54) is 12.5 Å². The van der Waals surface area contributed by atoms with Gasteiger partial charge in [-0.1, -0.05) is 0 Å². The lowest BCUT2D eigenvalue weighted by atomic mass is 10.5. The van der Waals surface area contributed by atoms with Crippen molar-refractivity contribution < 1.29 is 13.9 Å². The summed E-state index contributed by atoms with van der Waals surface area (Å²) >= 11 is 0. The summed E-state index contributed by atoms with van der Waals surface area (Å²) in [4.78, 5) is 10.8. The summed E-state index contributed by atoms with van der Waals surface area (Å²) in [5, 5.41) is 2.84. The molecule has 1 aromatic heterocycles. The van der Waals surface area contributed by atoms with Crippen molar-refractivity contribution in [2.45, 2.75) is 6.92 Å². The van der Waals surface area contributed by atoms with Gasteiger partial charge in [0, 0.05) is 0 Å². The summed E-state index contributed by atoms with van der Waals surface area (Å²) in [5.41, 5.74) is 0.781. The third kappa shape index (κ3) is 2.65. The molecule has 4 heteroatoms. The van der Waals surface area contributed by atoms with E-state index in [9.17, 15) is 4.79 Å². The molecule has 1 N–H and O–H groups in total. The zero-order valence-electron chi connectivity index (χ0n) is 6.87. The highest BCUT2D eigenvalue weighted by Gasteiger charge is 2.00. The Bertz CT molecular complexity index is 230. The lowest BCUT2D eigenvalue weighted by Crippen LogP contribution is -2.16. The van der Waals surface area contributed by atoms with Gasteiger partial charge in [0.15, 0.2) is 0 Å². The summed E-state index contributed by atoms with van der Waals surface area (Å²) in [6.45, 7) is 2.36. The zero-order chi connectivity index (χ0) is 8.81. The third-order valence-electron chi connectivity index (χ3n) is 1.26. The molecule has 1 heterocycles. The van der Waals surface area contributed by atoms with Gasteiger partial charge < -0.3 is 14.5 Å². The monoisotopic (exact) mass is 169 g/mol. The summed E-state index contributed by atoms with van der Waals surface area (Å²) in [6, 6.07) is 1.74. The summed E-state index contributed by atoms with van der Waals surface area (Å²) in [7, 11) is 0.